The Balaban J connectivity index is 0.000000442. The van der Waals surface area contributed by atoms with Crippen molar-refractivity contribution < 1.29 is 66.5 Å². The van der Waals surface area contributed by atoms with E-state index in [1.54, 1.807) is 73.9 Å². The zero-order valence-corrected chi connectivity index (χ0v) is 39.6. The molecule has 0 aliphatic rings. The van der Waals surface area contributed by atoms with E-state index in [1.165, 1.54) is 61.5 Å². The molecule has 0 saturated carbocycles. The highest BCUT2D eigenvalue weighted by Gasteiger charge is 2.14. The van der Waals surface area contributed by atoms with Crippen molar-refractivity contribution in [3.63, 3.8) is 0 Å². The third-order valence-corrected chi connectivity index (χ3v) is 8.51. The quantitative estimate of drug-likeness (QED) is 0.0204. The molecular formula is C52H66O14. The van der Waals surface area contributed by atoms with E-state index in [1.807, 2.05) is 30.3 Å². The van der Waals surface area contributed by atoms with Gasteiger partial charge in [0.2, 0.25) is 0 Å². The number of ether oxygens (including phenoxy) is 11. The lowest BCUT2D eigenvalue weighted by molar-refractivity contribution is -0.132. The summed E-state index contributed by atoms with van der Waals surface area (Å²) in [6, 6.07) is 21.4. The fourth-order valence-electron chi connectivity index (χ4n) is 5.24. The van der Waals surface area contributed by atoms with Crippen molar-refractivity contribution in [2.75, 3.05) is 69.3 Å². The molecule has 0 saturated heterocycles. The molecule has 0 aliphatic heterocycles. The fourth-order valence-corrected chi connectivity index (χ4v) is 5.24. The summed E-state index contributed by atoms with van der Waals surface area (Å²) in [7, 11) is 7.48. The van der Waals surface area contributed by atoms with Gasteiger partial charge in [-0.25, -0.2) is 4.79 Å². The lowest BCUT2D eigenvalue weighted by Crippen LogP contribution is -2.07. The van der Waals surface area contributed by atoms with E-state index < -0.39 is 11.9 Å². The van der Waals surface area contributed by atoms with Crippen LogP contribution in [0.3, 0.4) is 0 Å². The second kappa shape index (κ2) is 34.7. The molecule has 14 heteroatoms. The van der Waals surface area contributed by atoms with Crippen molar-refractivity contribution >= 4 is 42.0 Å². The molecule has 0 amide bonds. The van der Waals surface area contributed by atoms with Gasteiger partial charge >= 0.3 is 11.9 Å². The van der Waals surface area contributed by atoms with Crippen molar-refractivity contribution in [3.05, 3.63) is 132 Å². The molecule has 0 bridgehead atoms. The van der Waals surface area contributed by atoms with Crippen LogP contribution in [-0.2, 0) is 28.5 Å². The van der Waals surface area contributed by atoms with E-state index in [0.29, 0.717) is 46.5 Å². The van der Waals surface area contributed by atoms with Crippen LogP contribution in [0.2, 0.25) is 0 Å². The second-order valence-corrected chi connectivity index (χ2v) is 13.5. The Hall–Kier alpha value is -6.71. The summed E-state index contributed by atoms with van der Waals surface area (Å²) in [4.78, 5) is 33.7. The van der Waals surface area contributed by atoms with Gasteiger partial charge in [0, 0.05) is 35.4 Å². The zero-order valence-electron chi connectivity index (χ0n) is 39.6. The van der Waals surface area contributed by atoms with E-state index in [9.17, 15) is 14.4 Å². The Kier molecular flexibility index (Phi) is 30.1. The monoisotopic (exact) mass is 914 g/mol. The van der Waals surface area contributed by atoms with Crippen LogP contribution in [0.25, 0.3) is 24.3 Å². The number of carbonyl (C=O) groups is 3. The van der Waals surface area contributed by atoms with Gasteiger partial charge in [-0.05, 0) is 84.1 Å². The predicted octanol–water partition coefficient (Wildman–Crippen LogP) is 11.1. The maximum atomic E-state index is 11.5. The highest BCUT2D eigenvalue weighted by Crippen LogP contribution is 2.30. The summed E-state index contributed by atoms with van der Waals surface area (Å²) in [5, 5.41) is 0. The Morgan fingerprint density at radius 1 is 0.470 bits per heavy atom. The minimum Gasteiger partial charge on any atom is -0.490 e. The van der Waals surface area contributed by atoms with Crippen molar-refractivity contribution in [2.24, 2.45) is 0 Å². The topological polar surface area (TPSA) is 153 Å². The van der Waals surface area contributed by atoms with E-state index in [0.717, 1.165) is 34.4 Å². The first kappa shape index (κ1) is 57.3. The van der Waals surface area contributed by atoms with Crippen molar-refractivity contribution in [3.8, 4) is 34.5 Å². The molecule has 4 aromatic rings. The van der Waals surface area contributed by atoms with Gasteiger partial charge in [0.05, 0.1) is 19.3 Å². The van der Waals surface area contributed by atoms with Gasteiger partial charge in [0.1, 0.15) is 17.1 Å². The van der Waals surface area contributed by atoms with Gasteiger partial charge in [0.15, 0.2) is 56.0 Å². The Labute approximate surface area is 390 Å². The SMILES string of the molecule is C=Cc1ccc(OCOC)c(C(=O)OC)c1.C=Cc1ccc(OCOC)c(C(C)=O)c1.C=Cc1ccc(OCOC)c(OC(C)=O)c1.C=Cc1ccc(OCOC)c(OCCCCCC)c1. The van der Waals surface area contributed by atoms with Crippen molar-refractivity contribution in [1.29, 1.82) is 0 Å². The lowest BCUT2D eigenvalue weighted by atomic mass is 10.1. The third kappa shape index (κ3) is 22.3. The van der Waals surface area contributed by atoms with Crippen LogP contribution in [0.1, 0.15) is 89.4 Å². The standard InChI is InChI=1S/C16H24O3.2C12H14O4.C12H14O3/c1-4-6-7-8-11-18-16-12-14(5-2)9-10-15(16)19-13-17-3;1-4-9-5-6-11(16-8-14-2)10(7-9)12(13)15-3;1-4-10-5-6-11(15-8-14-3)12(7-10)16-9(2)13;1-4-10-5-6-12(15-8-14-3)11(7-10)9(2)13/h5,9-10,12H,2,4,6-8,11,13H2,1,3H3;2*4-7H,1,8H2,2-3H3;4-7H,1,8H2,2-3H3. The number of hydrogen-bond acceptors (Lipinski definition) is 14. The van der Waals surface area contributed by atoms with Crippen LogP contribution in [0.15, 0.2) is 99.1 Å². The molecule has 0 aromatic heterocycles. The second-order valence-electron chi connectivity index (χ2n) is 13.5. The van der Waals surface area contributed by atoms with Crippen LogP contribution in [0.4, 0.5) is 0 Å². The van der Waals surface area contributed by atoms with E-state index >= 15 is 0 Å². The number of Topliss-reactive ketones (excluding diaryl/α,β-unsaturated/α-hetero) is 1. The van der Waals surface area contributed by atoms with Gasteiger partial charge in [-0.3, -0.25) is 9.59 Å². The van der Waals surface area contributed by atoms with Crippen LogP contribution in [-0.4, -0.2) is 87.0 Å². The predicted molar refractivity (Wildman–Crippen MR) is 258 cm³/mol. The first-order valence-electron chi connectivity index (χ1n) is 20.8. The summed E-state index contributed by atoms with van der Waals surface area (Å²) < 4.78 is 56.0. The molecule has 4 rings (SSSR count). The van der Waals surface area contributed by atoms with Gasteiger partial charge in [-0.1, -0.05) is 101 Å². The number of esters is 2. The van der Waals surface area contributed by atoms with E-state index in [-0.39, 0.29) is 33.0 Å². The van der Waals surface area contributed by atoms with Gasteiger partial charge in [-0.15, -0.1) is 0 Å². The van der Waals surface area contributed by atoms with Gasteiger partial charge in [0.25, 0.3) is 0 Å². The van der Waals surface area contributed by atoms with Crippen molar-refractivity contribution in [2.45, 2.75) is 46.5 Å². The molecule has 0 spiro atoms. The highest BCUT2D eigenvalue weighted by atomic mass is 16.7. The zero-order chi connectivity index (χ0) is 49.1. The largest absolute Gasteiger partial charge is 0.490 e. The number of hydrogen-bond donors (Lipinski definition) is 0. The average molecular weight is 915 g/mol. The molecule has 0 unspecified atom stereocenters. The molecule has 0 fully saturated rings. The molecule has 0 atom stereocenters. The summed E-state index contributed by atoms with van der Waals surface area (Å²) in [6.07, 6.45) is 11.5. The lowest BCUT2D eigenvalue weighted by Gasteiger charge is -2.13. The van der Waals surface area contributed by atoms with E-state index in [2.05, 4.69) is 38.0 Å². The molecule has 0 heterocycles. The molecule has 358 valence electrons. The maximum absolute atomic E-state index is 11.5. The summed E-state index contributed by atoms with van der Waals surface area (Å²) in [5.74, 6) is 2.37. The Bertz CT molecular complexity index is 2110. The molecule has 0 radical (unpaired) electrons. The molecule has 4 aromatic carbocycles. The minimum absolute atomic E-state index is 0.0372. The number of unbranched alkanes of at least 4 members (excludes halogenated alkanes) is 3. The summed E-state index contributed by atoms with van der Waals surface area (Å²) in [5.41, 5.74) is 4.49. The molecular weight excluding hydrogens is 849 g/mol. The smallest absolute Gasteiger partial charge is 0.341 e. The minimum atomic E-state index is -0.449. The molecule has 14 nitrogen and oxygen atoms in total. The Morgan fingerprint density at radius 2 is 0.864 bits per heavy atom. The normalized spacial score (nSPS) is 9.82. The number of ketones is 1. The van der Waals surface area contributed by atoms with Gasteiger partial charge in [-0.2, -0.15) is 0 Å². The maximum Gasteiger partial charge on any atom is 0.341 e. The molecule has 0 N–H and O–H groups in total. The number of carbonyl (C=O) groups excluding carboxylic acids is 3. The first-order valence-corrected chi connectivity index (χ1v) is 20.8. The molecule has 0 aliphatic carbocycles. The van der Waals surface area contributed by atoms with Crippen LogP contribution < -0.4 is 28.4 Å². The summed E-state index contributed by atoms with van der Waals surface area (Å²) in [6.45, 7) is 21.0. The Morgan fingerprint density at radius 3 is 1.27 bits per heavy atom. The van der Waals surface area contributed by atoms with Gasteiger partial charge < -0.3 is 52.1 Å². The third-order valence-electron chi connectivity index (χ3n) is 8.51. The van der Waals surface area contributed by atoms with Crippen LogP contribution in [0.5, 0.6) is 34.5 Å². The summed E-state index contributed by atoms with van der Waals surface area (Å²) >= 11 is 0. The fraction of sp³-hybridized carbons (Fsp3) is 0.327. The number of rotatable bonds is 25. The van der Waals surface area contributed by atoms with Crippen molar-refractivity contribution in [1.82, 2.24) is 0 Å². The number of methoxy groups -OCH3 is 5. The van der Waals surface area contributed by atoms with Crippen LogP contribution in [0, 0.1) is 0 Å². The number of benzene rings is 4. The van der Waals surface area contributed by atoms with E-state index in [4.69, 9.17) is 47.4 Å². The van der Waals surface area contributed by atoms with Crippen LogP contribution >= 0.6 is 0 Å². The first-order chi connectivity index (χ1) is 31.9. The molecule has 66 heavy (non-hydrogen) atoms. The highest BCUT2D eigenvalue weighted by molar-refractivity contribution is 5.97. The average Bonchev–Trinajstić information content (AvgIpc) is 3.34.